The van der Waals surface area contributed by atoms with Crippen LogP contribution in [0.4, 0.5) is 0 Å². The fourth-order valence-corrected chi connectivity index (χ4v) is 3.55. The molecular formula is C19H24N4O3. The molecule has 4 rings (SSSR count). The summed E-state index contributed by atoms with van der Waals surface area (Å²) >= 11 is 0. The maximum absolute atomic E-state index is 12.6. The quantitative estimate of drug-likeness (QED) is 0.832. The first kappa shape index (κ1) is 17.2. The molecule has 1 amide bonds. The van der Waals surface area contributed by atoms with Crippen molar-refractivity contribution in [2.75, 3.05) is 39.4 Å². The molecule has 26 heavy (non-hydrogen) atoms. The lowest BCUT2D eigenvalue weighted by Gasteiger charge is -2.23. The van der Waals surface area contributed by atoms with Crippen molar-refractivity contribution in [1.29, 1.82) is 0 Å². The van der Waals surface area contributed by atoms with Gasteiger partial charge in [-0.1, -0.05) is 23.4 Å². The van der Waals surface area contributed by atoms with Crippen LogP contribution in [0.2, 0.25) is 0 Å². The maximum Gasteiger partial charge on any atom is 0.257 e. The molecule has 1 aromatic heterocycles. The molecule has 1 atom stereocenters. The molecule has 0 spiro atoms. The number of hydrogen-bond acceptors (Lipinski definition) is 6. The van der Waals surface area contributed by atoms with Gasteiger partial charge in [-0.3, -0.25) is 9.69 Å². The highest BCUT2D eigenvalue weighted by molar-refractivity contribution is 5.79. The summed E-state index contributed by atoms with van der Waals surface area (Å²) in [5.74, 6) is 1.53. The molecule has 2 saturated heterocycles. The number of hydrogen-bond donors (Lipinski definition) is 0. The third-order valence-corrected chi connectivity index (χ3v) is 5.03. The number of rotatable bonds is 4. The Morgan fingerprint density at radius 2 is 2.04 bits per heavy atom. The third-order valence-electron chi connectivity index (χ3n) is 5.03. The maximum atomic E-state index is 12.6. The molecule has 7 heteroatoms. The van der Waals surface area contributed by atoms with Crippen LogP contribution in [0, 0.1) is 5.92 Å². The Kier molecular flexibility index (Phi) is 5.26. The number of benzene rings is 1. The summed E-state index contributed by atoms with van der Waals surface area (Å²) in [7, 11) is 0. The van der Waals surface area contributed by atoms with Gasteiger partial charge in [0.15, 0.2) is 5.82 Å². The van der Waals surface area contributed by atoms with E-state index in [1.165, 1.54) is 0 Å². The van der Waals surface area contributed by atoms with Gasteiger partial charge in [0.05, 0.1) is 19.1 Å². The van der Waals surface area contributed by atoms with Crippen molar-refractivity contribution in [3.05, 3.63) is 36.2 Å². The molecule has 0 saturated carbocycles. The van der Waals surface area contributed by atoms with E-state index in [0.29, 0.717) is 31.5 Å². The number of aromatic nitrogens is 2. The lowest BCUT2D eigenvalue weighted by atomic mass is 10.1. The van der Waals surface area contributed by atoms with Gasteiger partial charge >= 0.3 is 0 Å². The molecule has 2 aliphatic rings. The Morgan fingerprint density at radius 3 is 2.85 bits per heavy atom. The molecule has 0 aliphatic carbocycles. The predicted molar refractivity (Wildman–Crippen MR) is 95.1 cm³/mol. The first-order chi connectivity index (χ1) is 12.8. The van der Waals surface area contributed by atoms with Crippen LogP contribution in [0.1, 0.15) is 18.7 Å². The van der Waals surface area contributed by atoms with E-state index in [9.17, 15) is 4.79 Å². The van der Waals surface area contributed by atoms with E-state index in [1.807, 2.05) is 35.2 Å². The second kappa shape index (κ2) is 7.97. The molecule has 2 fully saturated rings. The number of nitrogens with zero attached hydrogens (tertiary/aromatic N) is 4. The summed E-state index contributed by atoms with van der Waals surface area (Å²) < 4.78 is 10.7. The van der Waals surface area contributed by atoms with Crippen molar-refractivity contribution in [3.8, 4) is 11.5 Å². The van der Waals surface area contributed by atoms with E-state index in [2.05, 4.69) is 15.0 Å². The van der Waals surface area contributed by atoms with E-state index < -0.39 is 0 Å². The predicted octanol–water partition coefficient (Wildman–Crippen LogP) is 1.81. The fourth-order valence-electron chi connectivity index (χ4n) is 3.55. The van der Waals surface area contributed by atoms with Crippen molar-refractivity contribution < 1.29 is 14.1 Å². The van der Waals surface area contributed by atoms with E-state index in [4.69, 9.17) is 9.26 Å². The molecule has 0 bridgehead atoms. The van der Waals surface area contributed by atoms with Crippen LogP contribution in [0.25, 0.3) is 11.5 Å². The van der Waals surface area contributed by atoms with Crippen LogP contribution in [-0.4, -0.2) is 65.2 Å². The van der Waals surface area contributed by atoms with Crippen LogP contribution < -0.4 is 0 Å². The summed E-state index contributed by atoms with van der Waals surface area (Å²) in [5.41, 5.74) is 0.928. The van der Waals surface area contributed by atoms with E-state index in [1.54, 1.807) is 0 Å². The number of carbonyl (C=O) groups is 1. The Bertz CT molecular complexity index is 727. The van der Waals surface area contributed by atoms with Gasteiger partial charge in [0.25, 0.3) is 5.89 Å². The summed E-state index contributed by atoms with van der Waals surface area (Å²) in [5, 5.41) is 4.11. The second-order valence-corrected chi connectivity index (χ2v) is 6.90. The van der Waals surface area contributed by atoms with Gasteiger partial charge < -0.3 is 14.2 Å². The average molecular weight is 356 g/mol. The van der Waals surface area contributed by atoms with Crippen molar-refractivity contribution in [2.45, 2.75) is 19.4 Å². The van der Waals surface area contributed by atoms with Crippen molar-refractivity contribution >= 4 is 5.91 Å². The smallest absolute Gasteiger partial charge is 0.257 e. The third kappa shape index (κ3) is 3.94. The van der Waals surface area contributed by atoms with Gasteiger partial charge in [0.2, 0.25) is 5.91 Å². The monoisotopic (exact) mass is 356 g/mol. The second-order valence-electron chi connectivity index (χ2n) is 6.90. The lowest BCUT2D eigenvalue weighted by molar-refractivity contribution is -0.135. The SMILES string of the molecule is O=C(C1CCOC1)N1CCCN(Cc2noc(-c3ccccc3)n2)CC1. The van der Waals surface area contributed by atoms with Crippen LogP contribution >= 0.6 is 0 Å². The van der Waals surface area contributed by atoms with Crippen LogP contribution in [0.15, 0.2) is 34.9 Å². The molecule has 138 valence electrons. The van der Waals surface area contributed by atoms with E-state index in [0.717, 1.165) is 44.6 Å². The minimum absolute atomic E-state index is 0.0483. The van der Waals surface area contributed by atoms with Gasteiger partial charge in [-0.2, -0.15) is 4.98 Å². The normalized spacial score (nSPS) is 21.7. The Morgan fingerprint density at radius 1 is 1.15 bits per heavy atom. The fraction of sp³-hybridized carbons (Fsp3) is 0.526. The average Bonchev–Trinajstić information content (AvgIpc) is 3.31. The molecule has 1 aromatic carbocycles. The zero-order valence-electron chi connectivity index (χ0n) is 14.8. The molecule has 1 unspecified atom stereocenters. The Hall–Kier alpha value is -2.25. The lowest BCUT2D eigenvalue weighted by Crippen LogP contribution is -2.39. The topological polar surface area (TPSA) is 71.7 Å². The first-order valence-corrected chi connectivity index (χ1v) is 9.26. The molecular weight excluding hydrogens is 332 g/mol. The van der Waals surface area contributed by atoms with Gasteiger partial charge in [-0.05, 0) is 25.0 Å². The Labute approximate surface area is 152 Å². The molecule has 3 heterocycles. The van der Waals surface area contributed by atoms with E-state index in [-0.39, 0.29) is 11.8 Å². The van der Waals surface area contributed by atoms with Gasteiger partial charge in [-0.25, -0.2) is 0 Å². The summed E-state index contributed by atoms with van der Waals surface area (Å²) in [6.07, 6.45) is 1.81. The highest BCUT2D eigenvalue weighted by Gasteiger charge is 2.29. The minimum Gasteiger partial charge on any atom is -0.381 e. The van der Waals surface area contributed by atoms with Crippen molar-refractivity contribution in [3.63, 3.8) is 0 Å². The zero-order valence-corrected chi connectivity index (χ0v) is 14.8. The van der Waals surface area contributed by atoms with Gasteiger partial charge in [0.1, 0.15) is 0 Å². The molecule has 7 nitrogen and oxygen atoms in total. The first-order valence-electron chi connectivity index (χ1n) is 9.26. The molecule has 2 aromatic rings. The highest BCUT2D eigenvalue weighted by atomic mass is 16.5. The van der Waals surface area contributed by atoms with Crippen molar-refractivity contribution in [1.82, 2.24) is 19.9 Å². The summed E-state index contributed by atoms with van der Waals surface area (Å²) in [4.78, 5) is 21.4. The van der Waals surface area contributed by atoms with Gasteiger partial charge in [-0.15, -0.1) is 0 Å². The molecule has 0 radical (unpaired) electrons. The standard InChI is InChI=1S/C19H24N4O3/c24-19(16-7-12-25-14-16)23-9-4-8-22(10-11-23)13-17-20-18(26-21-17)15-5-2-1-3-6-15/h1-3,5-6,16H,4,7-14H2. The van der Waals surface area contributed by atoms with Crippen LogP contribution in [-0.2, 0) is 16.1 Å². The Balaban J connectivity index is 1.33. The largest absolute Gasteiger partial charge is 0.381 e. The molecule has 2 aliphatic heterocycles. The molecule has 0 N–H and O–H groups in total. The number of carbonyl (C=O) groups excluding carboxylic acids is 1. The minimum atomic E-state index is 0.0483. The van der Waals surface area contributed by atoms with Crippen molar-refractivity contribution in [2.24, 2.45) is 5.92 Å². The summed E-state index contributed by atoms with van der Waals surface area (Å²) in [6, 6.07) is 9.78. The zero-order chi connectivity index (χ0) is 17.8. The van der Waals surface area contributed by atoms with Crippen LogP contribution in [0.3, 0.4) is 0 Å². The van der Waals surface area contributed by atoms with Crippen LogP contribution in [0.5, 0.6) is 0 Å². The summed E-state index contributed by atoms with van der Waals surface area (Å²) in [6.45, 7) is 5.24. The van der Waals surface area contributed by atoms with Gasteiger partial charge in [0, 0.05) is 38.3 Å². The number of amides is 1. The van der Waals surface area contributed by atoms with E-state index >= 15 is 0 Å². The number of ether oxygens (including phenoxy) is 1. The highest BCUT2D eigenvalue weighted by Crippen LogP contribution is 2.19.